The van der Waals surface area contributed by atoms with Crippen molar-refractivity contribution >= 4 is 0 Å². The standard InChI is InChI=1S/C7H11FN2.C7H12N2.C7H11N.C6H10N2O.C6H10N2.C5H9N3.CH4/c1-6(2)7-3-9-10(4-7)5-8;1-6(2)7-4-8-9(3)5-7;1-6(2)7-3-4-8-5-7;1-4(2)6-8-7-5(3)9-6;1-6(2)8-5-3-4-7-8;1-5(2)8-6-3-4-7-8;/h3-4,6H,5H2,1-2H3;4-6H,1-3H3;3-6,8H,1-2H3;4H,1-3H3;3-6H,1-2H3;3-5H,1-2H3;1H4. The summed E-state index contributed by atoms with van der Waals surface area (Å²) < 4.78 is 22.1. The number of aromatic nitrogens is 12. The van der Waals surface area contributed by atoms with E-state index in [0.717, 1.165) is 5.56 Å². The largest absolute Gasteiger partial charge is 0.425 e. The number of aromatic amines is 1. The third-order valence-electron chi connectivity index (χ3n) is 7.11. The summed E-state index contributed by atoms with van der Waals surface area (Å²) in [5, 5.41) is 27.2. The van der Waals surface area contributed by atoms with Crippen LogP contribution in [0.15, 0.2) is 78.5 Å². The van der Waals surface area contributed by atoms with Crippen LogP contribution < -0.4 is 0 Å². The summed E-state index contributed by atoms with van der Waals surface area (Å²) in [6, 6.07) is 4.90. The van der Waals surface area contributed by atoms with Crippen molar-refractivity contribution in [2.45, 2.75) is 140 Å². The van der Waals surface area contributed by atoms with Gasteiger partial charge in [0.05, 0.1) is 30.8 Å². The van der Waals surface area contributed by atoms with E-state index in [0.29, 0.717) is 47.5 Å². The zero-order valence-electron chi connectivity index (χ0n) is 33.8. The average molecular weight is 739 g/mol. The van der Waals surface area contributed by atoms with Crippen LogP contribution in [0.4, 0.5) is 4.39 Å². The Morgan fingerprint density at radius 3 is 1.53 bits per heavy atom. The number of halogens is 1. The predicted molar refractivity (Wildman–Crippen MR) is 212 cm³/mol. The first-order valence-electron chi connectivity index (χ1n) is 17.9. The molecular formula is C39H67FN12O. The normalized spacial score (nSPS) is 10.4. The molecule has 6 heterocycles. The number of aryl methyl sites for hydroxylation is 2. The number of hydrogen-bond acceptors (Lipinski definition) is 8. The van der Waals surface area contributed by atoms with Crippen LogP contribution in [0.3, 0.4) is 0 Å². The summed E-state index contributed by atoms with van der Waals surface area (Å²) in [6.07, 6.45) is 18.5. The maximum atomic E-state index is 11.9. The number of H-pyrrole nitrogens is 1. The molecule has 53 heavy (non-hydrogen) atoms. The molecule has 14 heteroatoms. The fourth-order valence-electron chi connectivity index (χ4n) is 3.80. The number of nitrogens with one attached hydrogen (secondary N) is 1. The first-order valence-corrected chi connectivity index (χ1v) is 17.9. The fraction of sp³-hybridized carbons (Fsp3) is 0.564. The van der Waals surface area contributed by atoms with Gasteiger partial charge in [0.25, 0.3) is 0 Å². The van der Waals surface area contributed by atoms with Gasteiger partial charge in [-0.05, 0) is 74.3 Å². The van der Waals surface area contributed by atoms with Gasteiger partial charge in [-0.25, -0.2) is 9.07 Å². The van der Waals surface area contributed by atoms with Crippen LogP contribution in [0.25, 0.3) is 0 Å². The summed E-state index contributed by atoms with van der Waals surface area (Å²) in [4.78, 5) is 4.68. The summed E-state index contributed by atoms with van der Waals surface area (Å²) in [6.45, 7) is 26.4. The Labute approximate surface area is 317 Å². The van der Waals surface area contributed by atoms with Gasteiger partial charge in [0.1, 0.15) is 0 Å². The molecule has 0 saturated carbocycles. The second kappa shape index (κ2) is 26.0. The summed E-state index contributed by atoms with van der Waals surface area (Å²) >= 11 is 0. The Kier molecular flexibility index (Phi) is 23.6. The topological polar surface area (TPSA) is 139 Å². The summed E-state index contributed by atoms with van der Waals surface area (Å²) in [5.74, 6) is 3.37. The lowest BCUT2D eigenvalue weighted by atomic mass is 10.1. The van der Waals surface area contributed by atoms with Gasteiger partial charge in [0.2, 0.25) is 11.8 Å². The second-order valence-corrected chi connectivity index (χ2v) is 13.8. The summed E-state index contributed by atoms with van der Waals surface area (Å²) in [7, 11) is 1.94. The van der Waals surface area contributed by atoms with E-state index in [1.807, 2.05) is 81.2 Å². The minimum atomic E-state index is -0.535. The molecule has 0 amide bonds. The zero-order chi connectivity index (χ0) is 39.2. The Bertz CT molecular complexity index is 1530. The van der Waals surface area contributed by atoms with Crippen LogP contribution in [0, 0.1) is 6.92 Å². The van der Waals surface area contributed by atoms with Crippen molar-refractivity contribution in [3.63, 3.8) is 0 Å². The lowest BCUT2D eigenvalue weighted by Crippen LogP contribution is -2.03. The lowest BCUT2D eigenvalue weighted by Gasteiger charge is -2.01. The fourth-order valence-corrected chi connectivity index (χ4v) is 3.80. The Hall–Kier alpha value is -4.88. The van der Waals surface area contributed by atoms with E-state index in [1.165, 1.54) is 15.8 Å². The zero-order valence-corrected chi connectivity index (χ0v) is 33.8. The number of rotatable bonds is 7. The molecule has 0 fully saturated rings. The molecule has 0 spiro atoms. The van der Waals surface area contributed by atoms with Gasteiger partial charge in [0.15, 0.2) is 6.80 Å². The van der Waals surface area contributed by atoms with Gasteiger partial charge in [-0.2, -0.15) is 30.3 Å². The predicted octanol–water partition coefficient (Wildman–Crippen LogP) is 10.1. The van der Waals surface area contributed by atoms with Crippen LogP contribution in [-0.2, 0) is 13.8 Å². The molecule has 1 N–H and O–H groups in total. The highest BCUT2D eigenvalue weighted by molar-refractivity contribution is 5.12. The Morgan fingerprint density at radius 2 is 1.28 bits per heavy atom. The maximum absolute atomic E-state index is 11.9. The van der Waals surface area contributed by atoms with Crippen LogP contribution in [0.2, 0.25) is 0 Å². The molecular weight excluding hydrogens is 672 g/mol. The third kappa shape index (κ3) is 20.1. The van der Waals surface area contributed by atoms with E-state index in [1.54, 1.807) is 42.7 Å². The van der Waals surface area contributed by atoms with Crippen LogP contribution in [0.5, 0.6) is 0 Å². The van der Waals surface area contributed by atoms with Crippen LogP contribution >= 0.6 is 0 Å². The van der Waals surface area contributed by atoms with Crippen molar-refractivity contribution in [2.24, 2.45) is 7.05 Å². The highest BCUT2D eigenvalue weighted by atomic mass is 19.1. The van der Waals surface area contributed by atoms with E-state index in [4.69, 9.17) is 4.42 Å². The van der Waals surface area contributed by atoms with Crippen LogP contribution in [0.1, 0.15) is 155 Å². The van der Waals surface area contributed by atoms with E-state index in [2.05, 4.69) is 102 Å². The highest BCUT2D eigenvalue weighted by Crippen LogP contribution is 2.13. The first kappa shape index (κ1) is 48.1. The molecule has 6 rings (SSSR count). The van der Waals surface area contributed by atoms with Crippen molar-refractivity contribution in [1.82, 2.24) is 59.5 Å². The number of nitrogens with zero attached hydrogens (tertiary/aromatic N) is 11. The quantitative estimate of drug-likeness (QED) is 0.171. The number of hydrogen-bond donors (Lipinski definition) is 1. The van der Waals surface area contributed by atoms with E-state index in [-0.39, 0.29) is 7.43 Å². The van der Waals surface area contributed by atoms with Crippen molar-refractivity contribution < 1.29 is 8.81 Å². The van der Waals surface area contributed by atoms with Crippen LogP contribution in [-0.4, -0.2) is 59.5 Å². The average Bonchev–Trinajstić information content (AvgIpc) is 3.95. The first-order chi connectivity index (χ1) is 24.5. The van der Waals surface area contributed by atoms with Gasteiger partial charge in [-0.15, -0.1) is 10.2 Å². The second-order valence-electron chi connectivity index (χ2n) is 13.8. The van der Waals surface area contributed by atoms with E-state index >= 15 is 0 Å². The minimum absolute atomic E-state index is 0. The maximum Gasteiger partial charge on any atom is 0.219 e. The molecule has 0 aliphatic carbocycles. The monoisotopic (exact) mass is 739 g/mol. The molecule has 296 valence electrons. The minimum Gasteiger partial charge on any atom is -0.425 e. The number of alkyl halides is 1. The molecule has 6 aromatic heterocycles. The molecule has 13 nitrogen and oxygen atoms in total. The molecule has 0 aliphatic rings. The van der Waals surface area contributed by atoms with Gasteiger partial charge in [-0.1, -0.05) is 62.8 Å². The molecule has 0 unspecified atom stereocenters. The smallest absolute Gasteiger partial charge is 0.219 e. The van der Waals surface area contributed by atoms with Gasteiger partial charge in [-0.3, -0.25) is 9.36 Å². The lowest BCUT2D eigenvalue weighted by molar-refractivity contribution is 0.349. The molecule has 0 radical (unpaired) electrons. The van der Waals surface area contributed by atoms with E-state index in [9.17, 15) is 4.39 Å². The van der Waals surface area contributed by atoms with Gasteiger partial charge < -0.3 is 9.40 Å². The molecule has 0 atom stereocenters. The molecule has 0 saturated heterocycles. The highest BCUT2D eigenvalue weighted by Gasteiger charge is 2.05. The third-order valence-corrected chi connectivity index (χ3v) is 7.11. The van der Waals surface area contributed by atoms with Crippen molar-refractivity contribution in [3.8, 4) is 0 Å². The van der Waals surface area contributed by atoms with Crippen molar-refractivity contribution in [2.75, 3.05) is 0 Å². The van der Waals surface area contributed by atoms with E-state index < -0.39 is 6.80 Å². The van der Waals surface area contributed by atoms with Crippen molar-refractivity contribution in [1.29, 1.82) is 0 Å². The molecule has 0 bridgehead atoms. The molecule has 0 aliphatic heterocycles. The van der Waals surface area contributed by atoms with Gasteiger partial charge >= 0.3 is 0 Å². The molecule has 6 aromatic rings. The van der Waals surface area contributed by atoms with Crippen molar-refractivity contribution in [3.05, 3.63) is 103 Å². The Morgan fingerprint density at radius 1 is 0.698 bits per heavy atom. The summed E-state index contributed by atoms with van der Waals surface area (Å²) in [5.41, 5.74) is 3.76. The van der Waals surface area contributed by atoms with Gasteiger partial charge in [0, 0.05) is 63.1 Å². The molecule has 0 aromatic carbocycles. The SMILES string of the molecule is C.CC(C)c1cc[nH]c1.CC(C)c1cnn(C)c1.CC(C)c1cnn(CF)c1.CC(C)n1cccn1.CC(C)n1nccn1.Cc1nnc(C(C)C)o1. The Balaban J connectivity index is 0.000000611.